The number of benzene rings is 10. The number of aryl methyl sites for hydroxylation is 2. The van der Waals surface area contributed by atoms with E-state index in [-0.39, 0.29) is 46.0 Å². The summed E-state index contributed by atoms with van der Waals surface area (Å²) in [6.07, 6.45) is 0. The molecule has 0 spiro atoms. The molecular formula is C58H40N2. The summed E-state index contributed by atoms with van der Waals surface area (Å²) in [7, 11) is 0. The van der Waals surface area contributed by atoms with Crippen molar-refractivity contribution in [2.24, 2.45) is 0 Å². The van der Waals surface area contributed by atoms with Gasteiger partial charge in [0, 0.05) is 33.5 Å². The van der Waals surface area contributed by atoms with Gasteiger partial charge in [-0.15, -0.1) is 0 Å². The second kappa shape index (κ2) is 13.4. The van der Waals surface area contributed by atoms with E-state index in [0.29, 0.717) is 5.69 Å². The average molecular weight is 773 g/mol. The van der Waals surface area contributed by atoms with E-state index in [4.69, 9.17) is 11.0 Å². The molecular weight excluding hydrogens is 725 g/mol. The Balaban J connectivity index is 1.01. The van der Waals surface area contributed by atoms with Crippen LogP contribution in [0.15, 0.2) is 206 Å². The summed E-state index contributed by atoms with van der Waals surface area (Å²) in [5, 5.41) is 4.19. The van der Waals surface area contributed by atoms with Crippen molar-refractivity contribution in [2.75, 3.05) is 4.90 Å². The molecule has 0 bridgehead atoms. The fraction of sp³-hybridized carbons (Fsp3) is 0.0345. The van der Waals surface area contributed by atoms with Gasteiger partial charge in [-0.1, -0.05) is 133 Å². The predicted molar refractivity (Wildman–Crippen MR) is 255 cm³/mol. The van der Waals surface area contributed by atoms with Crippen LogP contribution in [-0.2, 0) is 0 Å². The highest BCUT2D eigenvalue weighted by molar-refractivity contribution is 6.13. The number of anilines is 3. The summed E-state index contributed by atoms with van der Waals surface area (Å²) < 4.78 is 71.3. The molecule has 0 atom stereocenters. The van der Waals surface area contributed by atoms with Gasteiger partial charge >= 0.3 is 0 Å². The van der Waals surface area contributed by atoms with Crippen molar-refractivity contribution in [3.63, 3.8) is 0 Å². The van der Waals surface area contributed by atoms with Crippen LogP contribution in [-0.4, -0.2) is 4.57 Å². The van der Waals surface area contributed by atoms with E-state index < -0.39 is 24.2 Å². The number of nitrogens with zero attached hydrogens (tertiary/aromatic N) is 2. The minimum absolute atomic E-state index is 0.0621. The maximum atomic E-state index is 9.00. The second-order valence-electron chi connectivity index (χ2n) is 15.7. The molecule has 0 fully saturated rings. The molecule has 60 heavy (non-hydrogen) atoms. The van der Waals surface area contributed by atoms with Gasteiger partial charge in [-0.25, -0.2) is 0 Å². The van der Waals surface area contributed by atoms with Crippen LogP contribution in [0.1, 0.15) is 22.1 Å². The van der Waals surface area contributed by atoms with Crippen LogP contribution in [0.3, 0.4) is 0 Å². The van der Waals surface area contributed by atoms with Gasteiger partial charge in [0.15, 0.2) is 0 Å². The van der Waals surface area contributed by atoms with Crippen LogP contribution >= 0.6 is 0 Å². The molecule has 10 aromatic carbocycles. The zero-order chi connectivity index (χ0) is 46.9. The first-order valence-electron chi connectivity index (χ1n) is 24.2. The standard InChI is InChI=1S/C58H40N2/c1-37-21-23-43(39-13-5-3-6-14-39)35-57(37)60(58-36-44(24-22-38(58)2)40-15-7-4-8-16-40)48-28-26-42-32-52-51-31-41-25-27-47(29-45(41)33-53(51)54(52)34-46(42)30-48)59-55-19-11-9-17-49(55)50-18-10-12-20-56(50)59/h3-36H,1-2H3/i9D,10D,11D,12D,17D,18D,19D,20D. The number of hydrogen-bond donors (Lipinski definition) is 0. The molecule has 1 aromatic heterocycles. The van der Waals surface area contributed by atoms with Crippen LogP contribution in [0, 0.1) is 13.8 Å². The van der Waals surface area contributed by atoms with Gasteiger partial charge in [0.05, 0.1) is 22.0 Å². The van der Waals surface area contributed by atoms with E-state index in [1.54, 1.807) is 4.57 Å². The van der Waals surface area contributed by atoms with Gasteiger partial charge in [-0.3, -0.25) is 0 Å². The van der Waals surface area contributed by atoms with E-state index in [9.17, 15) is 0 Å². The van der Waals surface area contributed by atoms with E-state index in [2.05, 4.69) is 146 Å². The fourth-order valence-electron chi connectivity index (χ4n) is 9.09. The number of para-hydroxylation sites is 2. The summed E-state index contributed by atoms with van der Waals surface area (Å²) in [5.41, 5.74) is 15.3. The quantitative estimate of drug-likeness (QED) is 0.163. The molecule has 0 unspecified atom stereocenters. The Morgan fingerprint density at radius 3 is 1.40 bits per heavy atom. The first kappa shape index (κ1) is 27.1. The molecule has 0 saturated heterocycles. The van der Waals surface area contributed by atoms with Crippen LogP contribution in [0.2, 0.25) is 0 Å². The Morgan fingerprint density at radius 1 is 0.400 bits per heavy atom. The van der Waals surface area contributed by atoms with Crippen LogP contribution in [0.25, 0.3) is 93.5 Å². The van der Waals surface area contributed by atoms with Gasteiger partial charge < -0.3 is 9.47 Å². The topological polar surface area (TPSA) is 8.17 Å². The van der Waals surface area contributed by atoms with Gasteiger partial charge in [0.2, 0.25) is 0 Å². The van der Waals surface area contributed by atoms with Crippen molar-refractivity contribution in [3.05, 3.63) is 217 Å². The minimum Gasteiger partial charge on any atom is -0.310 e. The monoisotopic (exact) mass is 772 g/mol. The third-order valence-corrected chi connectivity index (χ3v) is 12.2. The lowest BCUT2D eigenvalue weighted by atomic mass is 9.78. The average Bonchev–Trinajstić information content (AvgIpc) is 3.73. The number of aromatic nitrogens is 1. The second-order valence-corrected chi connectivity index (χ2v) is 15.7. The Labute approximate surface area is 361 Å². The van der Waals surface area contributed by atoms with Crippen LogP contribution in [0.5, 0.6) is 0 Å². The number of fused-ring (bicyclic) bond motifs is 9. The van der Waals surface area contributed by atoms with E-state index in [1.807, 2.05) is 30.3 Å². The highest BCUT2D eigenvalue weighted by Crippen LogP contribution is 2.51. The summed E-state index contributed by atoms with van der Waals surface area (Å²) >= 11 is 0. The van der Waals surface area contributed by atoms with Gasteiger partial charge in [-0.05, 0) is 164 Å². The molecule has 12 rings (SSSR count). The molecule has 11 aromatic rings. The van der Waals surface area contributed by atoms with Crippen LogP contribution < -0.4 is 4.90 Å². The SMILES string of the molecule is [2H]c1c([2H])c([2H])c2c(c1[2H])c1c([2H])c([2H])c([2H])c([2H])c1n2-c1ccc2cc3c(cc2c1)-c1cc2cc(N(c4cc(-c5ccccc5)ccc4C)c4cc(-c5ccccc5)ccc4C)ccc2cc1-3. The van der Waals surface area contributed by atoms with Gasteiger partial charge in [0.1, 0.15) is 0 Å². The number of hydrogen-bond acceptors (Lipinski definition) is 1. The summed E-state index contributed by atoms with van der Waals surface area (Å²) in [4.78, 5) is 2.39. The van der Waals surface area contributed by atoms with Crippen molar-refractivity contribution >= 4 is 60.4 Å². The van der Waals surface area contributed by atoms with Crippen molar-refractivity contribution in [2.45, 2.75) is 13.8 Å². The zero-order valence-electron chi connectivity index (χ0n) is 40.9. The third-order valence-electron chi connectivity index (χ3n) is 12.2. The Hall–Kier alpha value is -7.68. The first-order chi connectivity index (χ1) is 32.9. The highest BCUT2D eigenvalue weighted by atomic mass is 15.1. The van der Waals surface area contributed by atoms with Crippen LogP contribution in [0.4, 0.5) is 17.1 Å². The van der Waals surface area contributed by atoms with Gasteiger partial charge in [0.25, 0.3) is 0 Å². The molecule has 1 aliphatic carbocycles. The maximum Gasteiger partial charge on any atom is 0.0645 e. The molecule has 2 nitrogen and oxygen atoms in total. The third kappa shape index (κ3) is 5.42. The summed E-state index contributed by atoms with van der Waals surface area (Å²) in [6, 6.07) is 52.5. The molecule has 1 aliphatic rings. The van der Waals surface area contributed by atoms with Gasteiger partial charge in [-0.2, -0.15) is 0 Å². The van der Waals surface area contributed by atoms with Crippen molar-refractivity contribution in [1.29, 1.82) is 0 Å². The Morgan fingerprint density at radius 2 is 0.867 bits per heavy atom. The molecule has 0 amide bonds. The lowest BCUT2D eigenvalue weighted by Gasteiger charge is -2.30. The summed E-state index contributed by atoms with van der Waals surface area (Å²) in [6.45, 7) is 4.34. The van der Waals surface area contributed by atoms with E-state index in [0.717, 1.165) is 94.2 Å². The fourth-order valence-corrected chi connectivity index (χ4v) is 9.09. The smallest absolute Gasteiger partial charge is 0.0645 e. The molecule has 1 heterocycles. The minimum atomic E-state index is -0.461. The molecule has 0 N–H and O–H groups in total. The molecule has 0 aliphatic heterocycles. The lowest BCUT2D eigenvalue weighted by molar-refractivity contribution is 1.19. The zero-order valence-corrected chi connectivity index (χ0v) is 32.9. The Kier molecular flexibility index (Phi) is 6.07. The molecule has 0 saturated carbocycles. The number of rotatable bonds is 6. The van der Waals surface area contributed by atoms with E-state index >= 15 is 0 Å². The largest absolute Gasteiger partial charge is 0.310 e. The predicted octanol–water partition coefficient (Wildman–Crippen LogP) is 16.2. The molecule has 282 valence electrons. The van der Waals surface area contributed by atoms with Crippen molar-refractivity contribution in [1.82, 2.24) is 4.57 Å². The summed E-state index contributed by atoms with van der Waals surface area (Å²) in [5.74, 6) is 0. The maximum absolute atomic E-state index is 9.00. The van der Waals surface area contributed by atoms with E-state index in [1.165, 1.54) is 0 Å². The normalized spacial score (nSPS) is 13.7. The Bertz CT molecular complexity index is 3810. The lowest BCUT2D eigenvalue weighted by Crippen LogP contribution is -2.13. The molecule has 0 radical (unpaired) electrons. The van der Waals surface area contributed by atoms with Crippen molar-refractivity contribution < 1.29 is 11.0 Å². The first-order valence-corrected chi connectivity index (χ1v) is 20.2. The highest BCUT2D eigenvalue weighted by Gasteiger charge is 2.25. The van der Waals surface area contributed by atoms with Crippen molar-refractivity contribution in [3.8, 4) is 50.2 Å². The molecule has 2 heteroatoms.